The minimum absolute atomic E-state index is 0.122. The van der Waals surface area contributed by atoms with Crippen molar-refractivity contribution in [1.82, 2.24) is 15.3 Å². The highest BCUT2D eigenvalue weighted by Crippen LogP contribution is 2.33. The van der Waals surface area contributed by atoms with E-state index in [1.165, 1.54) is 5.56 Å². The average molecular weight is 383 g/mol. The summed E-state index contributed by atoms with van der Waals surface area (Å²) in [4.78, 5) is 19.9. The minimum atomic E-state index is -0.122. The summed E-state index contributed by atoms with van der Waals surface area (Å²) in [7, 11) is 1.99. The Morgan fingerprint density at radius 3 is 2.31 bits per heavy atom. The van der Waals surface area contributed by atoms with Crippen LogP contribution >= 0.6 is 0 Å². The van der Waals surface area contributed by atoms with Crippen molar-refractivity contribution >= 4 is 10.9 Å². The molecule has 1 unspecified atom stereocenters. The molecule has 0 aliphatic rings. The Morgan fingerprint density at radius 1 is 0.931 bits per heavy atom. The molecular formula is C25H25N3O. The average Bonchev–Trinajstić information content (AvgIpc) is 2.75. The Hall–Kier alpha value is -3.24. The van der Waals surface area contributed by atoms with Crippen LogP contribution in [0.25, 0.3) is 33.3 Å². The van der Waals surface area contributed by atoms with Crippen LogP contribution in [-0.4, -0.2) is 17.0 Å². The van der Waals surface area contributed by atoms with Crippen LogP contribution in [0.5, 0.6) is 0 Å². The van der Waals surface area contributed by atoms with Gasteiger partial charge in [0.05, 0.1) is 16.6 Å². The molecule has 0 amide bonds. The van der Waals surface area contributed by atoms with Crippen LogP contribution in [0.4, 0.5) is 0 Å². The Balaban J connectivity index is 1.89. The van der Waals surface area contributed by atoms with Crippen LogP contribution < -0.4 is 10.9 Å². The monoisotopic (exact) mass is 383 g/mol. The van der Waals surface area contributed by atoms with Gasteiger partial charge in [-0.05, 0) is 36.2 Å². The van der Waals surface area contributed by atoms with Gasteiger partial charge in [0, 0.05) is 23.4 Å². The van der Waals surface area contributed by atoms with Gasteiger partial charge >= 0.3 is 0 Å². The number of benzene rings is 2. The molecule has 2 aromatic heterocycles. The van der Waals surface area contributed by atoms with E-state index >= 15 is 0 Å². The lowest BCUT2D eigenvalue weighted by Gasteiger charge is -2.21. The quantitative estimate of drug-likeness (QED) is 0.500. The maximum atomic E-state index is 12.3. The molecule has 146 valence electrons. The SMILES string of the molecule is CNC(c1ccc(-c2nc3cc[nH]c(=O)c3cc2-c2ccccc2)cc1)C(C)C. The molecule has 2 N–H and O–H groups in total. The molecule has 4 heteroatoms. The van der Waals surface area contributed by atoms with E-state index < -0.39 is 0 Å². The van der Waals surface area contributed by atoms with E-state index in [2.05, 4.69) is 48.4 Å². The summed E-state index contributed by atoms with van der Waals surface area (Å²) in [5, 5.41) is 3.99. The van der Waals surface area contributed by atoms with Crippen molar-refractivity contribution < 1.29 is 0 Å². The predicted molar refractivity (Wildman–Crippen MR) is 120 cm³/mol. The highest BCUT2D eigenvalue weighted by Gasteiger charge is 2.16. The van der Waals surface area contributed by atoms with Crippen LogP contribution in [0, 0.1) is 5.92 Å². The molecule has 0 radical (unpaired) electrons. The zero-order chi connectivity index (χ0) is 20.4. The minimum Gasteiger partial charge on any atom is -0.328 e. The number of hydrogen-bond donors (Lipinski definition) is 2. The summed E-state index contributed by atoms with van der Waals surface area (Å²) in [6, 6.07) is 22.8. The largest absolute Gasteiger partial charge is 0.328 e. The first-order valence-corrected chi connectivity index (χ1v) is 9.94. The van der Waals surface area contributed by atoms with Gasteiger partial charge < -0.3 is 10.3 Å². The van der Waals surface area contributed by atoms with Crippen molar-refractivity contribution in [2.45, 2.75) is 19.9 Å². The lowest BCUT2D eigenvalue weighted by molar-refractivity contribution is 0.443. The number of rotatable bonds is 5. The number of aromatic nitrogens is 2. The second-order valence-electron chi connectivity index (χ2n) is 7.62. The molecule has 0 saturated carbocycles. The lowest BCUT2D eigenvalue weighted by Crippen LogP contribution is -2.21. The smallest absolute Gasteiger partial charge is 0.257 e. The second-order valence-corrected chi connectivity index (χ2v) is 7.62. The van der Waals surface area contributed by atoms with Crippen molar-refractivity contribution in [2.75, 3.05) is 7.05 Å². The molecule has 0 spiro atoms. The van der Waals surface area contributed by atoms with Crippen LogP contribution in [0.1, 0.15) is 25.5 Å². The third-order valence-electron chi connectivity index (χ3n) is 5.36. The summed E-state index contributed by atoms with van der Waals surface area (Å²) in [5.41, 5.74) is 5.74. The fraction of sp³-hybridized carbons (Fsp3) is 0.200. The van der Waals surface area contributed by atoms with Crippen molar-refractivity contribution in [3.8, 4) is 22.4 Å². The van der Waals surface area contributed by atoms with Gasteiger partial charge in [-0.15, -0.1) is 0 Å². The molecule has 2 aromatic carbocycles. The fourth-order valence-electron chi connectivity index (χ4n) is 3.90. The molecule has 0 saturated heterocycles. The molecule has 29 heavy (non-hydrogen) atoms. The second kappa shape index (κ2) is 8.02. The number of aromatic amines is 1. The fourth-order valence-corrected chi connectivity index (χ4v) is 3.90. The van der Waals surface area contributed by atoms with E-state index in [0.717, 1.165) is 22.4 Å². The molecule has 2 heterocycles. The van der Waals surface area contributed by atoms with E-state index in [0.29, 0.717) is 22.9 Å². The maximum Gasteiger partial charge on any atom is 0.257 e. The summed E-state index contributed by atoms with van der Waals surface area (Å²) in [5.74, 6) is 0.497. The Bertz CT molecular complexity index is 1180. The van der Waals surface area contributed by atoms with Crippen LogP contribution in [0.15, 0.2) is 77.7 Å². The molecule has 0 aliphatic heterocycles. The first-order valence-electron chi connectivity index (χ1n) is 9.94. The number of hydrogen-bond acceptors (Lipinski definition) is 3. The van der Waals surface area contributed by atoms with Gasteiger partial charge in [0.15, 0.2) is 0 Å². The zero-order valence-corrected chi connectivity index (χ0v) is 16.9. The normalized spacial score (nSPS) is 12.4. The predicted octanol–water partition coefficient (Wildman–Crippen LogP) is 5.17. The van der Waals surface area contributed by atoms with Crippen molar-refractivity contribution in [2.24, 2.45) is 5.92 Å². The van der Waals surface area contributed by atoms with Crippen molar-refractivity contribution in [1.29, 1.82) is 0 Å². The van der Waals surface area contributed by atoms with E-state index in [4.69, 9.17) is 4.98 Å². The van der Waals surface area contributed by atoms with Gasteiger partial charge in [0.1, 0.15) is 0 Å². The third-order valence-corrected chi connectivity index (χ3v) is 5.36. The molecule has 0 aliphatic carbocycles. The molecule has 1 atom stereocenters. The number of H-pyrrole nitrogens is 1. The highest BCUT2D eigenvalue weighted by molar-refractivity contribution is 5.91. The first-order chi connectivity index (χ1) is 14.1. The molecule has 0 bridgehead atoms. The van der Waals surface area contributed by atoms with E-state index in [-0.39, 0.29) is 5.56 Å². The van der Waals surface area contributed by atoms with Gasteiger partial charge in [-0.1, -0.05) is 68.4 Å². The van der Waals surface area contributed by atoms with Crippen LogP contribution in [0.3, 0.4) is 0 Å². The van der Waals surface area contributed by atoms with E-state index in [1.54, 1.807) is 6.20 Å². The Morgan fingerprint density at radius 2 is 1.66 bits per heavy atom. The number of nitrogens with zero attached hydrogens (tertiary/aromatic N) is 1. The number of nitrogens with one attached hydrogen (secondary N) is 2. The molecule has 4 nitrogen and oxygen atoms in total. The van der Waals surface area contributed by atoms with Crippen molar-refractivity contribution in [3.63, 3.8) is 0 Å². The summed E-state index contributed by atoms with van der Waals surface area (Å²) >= 11 is 0. The summed E-state index contributed by atoms with van der Waals surface area (Å²) in [6.45, 7) is 4.43. The Labute approximate surface area is 170 Å². The van der Waals surface area contributed by atoms with Crippen LogP contribution in [0.2, 0.25) is 0 Å². The molecule has 4 rings (SSSR count). The zero-order valence-electron chi connectivity index (χ0n) is 16.9. The van der Waals surface area contributed by atoms with Gasteiger partial charge in [0.2, 0.25) is 0 Å². The van der Waals surface area contributed by atoms with E-state index in [1.807, 2.05) is 49.5 Å². The standard InChI is InChI=1S/C25H25N3O/c1-16(2)23(26-3)18-9-11-19(12-10-18)24-20(17-7-5-4-6-8-17)15-21-22(28-24)13-14-27-25(21)29/h4-16,23,26H,1-3H3,(H,27,29). The van der Waals surface area contributed by atoms with Gasteiger partial charge in [-0.25, -0.2) is 4.98 Å². The third kappa shape index (κ3) is 3.71. The Kier molecular flexibility index (Phi) is 5.28. The molecular weight excluding hydrogens is 358 g/mol. The van der Waals surface area contributed by atoms with E-state index in [9.17, 15) is 4.79 Å². The van der Waals surface area contributed by atoms with Gasteiger partial charge in [-0.3, -0.25) is 4.79 Å². The molecule has 4 aromatic rings. The molecule has 0 fully saturated rings. The first kappa shape index (κ1) is 19.1. The number of fused-ring (bicyclic) bond motifs is 1. The summed E-state index contributed by atoms with van der Waals surface area (Å²) in [6.07, 6.45) is 1.65. The van der Waals surface area contributed by atoms with Gasteiger partial charge in [-0.2, -0.15) is 0 Å². The van der Waals surface area contributed by atoms with Crippen molar-refractivity contribution in [3.05, 3.63) is 88.8 Å². The van der Waals surface area contributed by atoms with Crippen LogP contribution in [-0.2, 0) is 0 Å². The van der Waals surface area contributed by atoms with Gasteiger partial charge in [0.25, 0.3) is 5.56 Å². The maximum absolute atomic E-state index is 12.3. The number of pyridine rings is 2. The lowest BCUT2D eigenvalue weighted by atomic mass is 9.93. The highest BCUT2D eigenvalue weighted by atomic mass is 16.1. The topological polar surface area (TPSA) is 57.8 Å². The summed E-state index contributed by atoms with van der Waals surface area (Å²) < 4.78 is 0.